The van der Waals surface area contributed by atoms with Crippen LogP contribution in [0.1, 0.15) is 35.2 Å². The van der Waals surface area contributed by atoms with Gasteiger partial charge in [-0.3, -0.25) is 4.98 Å². The Morgan fingerprint density at radius 1 is 1.32 bits per heavy atom. The van der Waals surface area contributed by atoms with Gasteiger partial charge in [-0.1, -0.05) is 11.8 Å². The van der Waals surface area contributed by atoms with Crippen LogP contribution in [0.3, 0.4) is 0 Å². The number of halogens is 1. The Balaban J connectivity index is 2.10. The number of aryl methyl sites for hydroxylation is 1. The Hall–Kier alpha value is -2.63. The summed E-state index contributed by atoms with van der Waals surface area (Å²) in [6.45, 7) is 4.59. The summed E-state index contributed by atoms with van der Waals surface area (Å²) in [6, 6.07) is 0. The number of rotatable bonds is 5. The fraction of sp³-hybridized carbons (Fsp3) is 0.350. The smallest absolute Gasteiger partial charge is 0.223 e. The van der Waals surface area contributed by atoms with Crippen molar-refractivity contribution in [2.75, 3.05) is 19.5 Å². The molecular weight excluding hydrogens is 422 g/mol. The maximum atomic E-state index is 8.94. The molecule has 0 atom stereocenters. The number of methoxy groups -OCH3 is 1. The molecular formula is C20H22BrN5O2. The van der Waals surface area contributed by atoms with E-state index in [1.165, 1.54) is 0 Å². The highest BCUT2D eigenvalue weighted by molar-refractivity contribution is 9.10. The van der Waals surface area contributed by atoms with Gasteiger partial charge in [0.1, 0.15) is 16.0 Å². The third-order valence-electron chi connectivity index (χ3n) is 4.44. The Morgan fingerprint density at radius 2 is 2.11 bits per heavy atom. The Morgan fingerprint density at radius 3 is 2.82 bits per heavy atom. The van der Waals surface area contributed by atoms with Gasteiger partial charge in [0.15, 0.2) is 0 Å². The van der Waals surface area contributed by atoms with Crippen molar-refractivity contribution in [3.8, 4) is 17.6 Å². The third kappa shape index (κ3) is 3.96. The maximum absolute atomic E-state index is 8.94. The monoisotopic (exact) mass is 443 g/mol. The third-order valence-corrected chi connectivity index (χ3v) is 5.02. The van der Waals surface area contributed by atoms with Crippen molar-refractivity contribution < 1.29 is 9.84 Å². The van der Waals surface area contributed by atoms with Gasteiger partial charge in [0.05, 0.1) is 30.3 Å². The van der Waals surface area contributed by atoms with Gasteiger partial charge in [-0.15, -0.1) is 0 Å². The number of nitrogens with zero attached hydrogens (tertiary/aromatic N) is 4. The zero-order chi connectivity index (χ0) is 20.3. The van der Waals surface area contributed by atoms with Crippen LogP contribution in [0.4, 0.5) is 5.95 Å². The lowest BCUT2D eigenvalue weighted by atomic mass is 10.1. The van der Waals surface area contributed by atoms with Gasteiger partial charge < -0.3 is 20.1 Å². The van der Waals surface area contributed by atoms with Crippen molar-refractivity contribution in [3.63, 3.8) is 0 Å². The summed E-state index contributed by atoms with van der Waals surface area (Å²) in [7, 11) is 1.66. The molecule has 0 aromatic carbocycles. The summed E-state index contributed by atoms with van der Waals surface area (Å²) in [5.74, 6) is 7.26. The van der Waals surface area contributed by atoms with Crippen LogP contribution >= 0.6 is 15.9 Å². The Kier molecular flexibility index (Phi) is 6.17. The molecule has 0 spiro atoms. The highest BCUT2D eigenvalue weighted by Crippen LogP contribution is 2.29. The van der Waals surface area contributed by atoms with Crippen LogP contribution in [0.2, 0.25) is 0 Å². The van der Waals surface area contributed by atoms with E-state index in [2.05, 4.69) is 42.7 Å². The fourth-order valence-electron chi connectivity index (χ4n) is 3.09. The molecule has 0 saturated carbocycles. The van der Waals surface area contributed by atoms with Crippen LogP contribution in [0.15, 0.2) is 17.0 Å². The molecule has 8 heteroatoms. The standard InChI is InChI=1S/C20H22BrN5O2/c1-12-9-23-15(13(2)17(12)28-3)11-26-10-14(7-5-4-6-8-27)16-18(21)24-20(22)25-19(16)26/h9-10,27H,4,6,8,11H2,1-3H3,(H2,22,24,25). The van der Waals surface area contributed by atoms with E-state index >= 15 is 0 Å². The van der Waals surface area contributed by atoms with Crippen LogP contribution in [-0.2, 0) is 6.54 Å². The van der Waals surface area contributed by atoms with Gasteiger partial charge >= 0.3 is 0 Å². The molecule has 0 bridgehead atoms. The van der Waals surface area contributed by atoms with Gasteiger partial charge in [0.25, 0.3) is 0 Å². The van der Waals surface area contributed by atoms with E-state index in [4.69, 9.17) is 15.6 Å². The van der Waals surface area contributed by atoms with E-state index < -0.39 is 0 Å². The molecule has 0 unspecified atom stereocenters. The molecule has 3 aromatic rings. The first-order valence-corrected chi connectivity index (χ1v) is 9.66. The van der Waals surface area contributed by atoms with Gasteiger partial charge in [-0.25, -0.2) is 4.98 Å². The van der Waals surface area contributed by atoms with Crippen LogP contribution in [0, 0.1) is 25.7 Å². The number of pyridine rings is 1. The molecule has 0 aliphatic rings. The van der Waals surface area contributed by atoms with E-state index in [1.54, 1.807) is 7.11 Å². The zero-order valence-corrected chi connectivity index (χ0v) is 17.7. The summed E-state index contributed by atoms with van der Waals surface area (Å²) in [4.78, 5) is 13.2. The number of aliphatic hydroxyl groups excluding tert-OH is 1. The first kappa shape index (κ1) is 20.1. The topological polar surface area (TPSA) is 99.1 Å². The average Bonchev–Trinajstić information content (AvgIpc) is 2.99. The normalized spacial score (nSPS) is 10.8. The minimum Gasteiger partial charge on any atom is -0.496 e. The fourth-order valence-corrected chi connectivity index (χ4v) is 3.66. The van der Waals surface area contributed by atoms with Crippen molar-refractivity contribution in [2.24, 2.45) is 0 Å². The molecule has 3 heterocycles. The van der Waals surface area contributed by atoms with Crippen molar-refractivity contribution in [2.45, 2.75) is 33.2 Å². The molecule has 3 N–H and O–H groups in total. The molecule has 0 radical (unpaired) electrons. The number of nitrogen functional groups attached to an aromatic ring is 1. The number of unbranched alkanes of at least 4 members (excludes halogenated alkanes) is 1. The van der Waals surface area contributed by atoms with E-state index in [9.17, 15) is 0 Å². The second-order valence-electron chi connectivity index (χ2n) is 6.42. The molecule has 3 aromatic heterocycles. The number of hydrogen-bond donors (Lipinski definition) is 2. The number of aromatic nitrogens is 4. The van der Waals surface area contributed by atoms with Gasteiger partial charge in [0.2, 0.25) is 5.95 Å². The first-order valence-electron chi connectivity index (χ1n) is 8.86. The lowest BCUT2D eigenvalue weighted by Crippen LogP contribution is -2.07. The number of fused-ring (bicyclic) bond motifs is 1. The second-order valence-corrected chi connectivity index (χ2v) is 7.17. The number of ether oxygens (including phenoxy) is 1. The summed E-state index contributed by atoms with van der Waals surface area (Å²) in [5, 5.41) is 9.74. The molecule has 0 fully saturated rings. The minimum atomic E-state index is 0.125. The summed E-state index contributed by atoms with van der Waals surface area (Å²) in [6.07, 6.45) is 5.00. The lowest BCUT2D eigenvalue weighted by Gasteiger charge is -2.13. The second kappa shape index (κ2) is 8.59. The van der Waals surface area contributed by atoms with Crippen molar-refractivity contribution >= 4 is 32.9 Å². The molecule has 0 amide bonds. The molecule has 0 saturated heterocycles. The van der Waals surface area contributed by atoms with Crippen LogP contribution < -0.4 is 10.5 Å². The summed E-state index contributed by atoms with van der Waals surface area (Å²) >= 11 is 3.48. The molecule has 0 aliphatic carbocycles. The molecule has 146 valence electrons. The largest absolute Gasteiger partial charge is 0.496 e. The number of aliphatic hydroxyl groups is 1. The van der Waals surface area contributed by atoms with Crippen molar-refractivity contribution in [1.29, 1.82) is 0 Å². The molecule has 3 rings (SSSR count). The quantitative estimate of drug-likeness (QED) is 0.357. The van der Waals surface area contributed by atoms with Crippen molar-refractivity contribution in [1.82, 2.24) is 19.5 Å². The van der Waals surface area contributed by atoms with Crippen LogP contribution in [-0.4, -0.2) is 38.3 Å². The maximum Gasteiger partial charge on any atom is 0.223 e. The van der Waals surface area contributed by atoms with Gasteiger partial charge in [-0.2, -0.15) is 4.98 Å². The van der Waals surface area contributed by atoms with E-state index in [1.807, 2.05) is 30.8 Å². The number of nitrogens with two attached hydrogens (primary N) is 1. The number of anilines is 1. The Labute approximate surface area is 172 Å². The van der Waals surface area contributed by atoms with Gasteiger partial charge in [-0.05, 0) is 36.2 Å². The molecule has 28 heavy (non-hydrogen) atoms. The van der Waals surface area contributed by atoms with E-state index in [0.717, 1.165) is 33.5 Å². The first-order chi connectivity index (χ1) is 13.5. The number of hydrogen-bond acceptors (Lipinski definition) is 6. The molecule has 7 nitrogen and oxygen atoms in total. The predicted molar refractivity (Wildman–Crippen MR) is 112 cm³/mol. The highest BCUT2D eigenvalue weighted by Gasteiger charge is 2.17. The minimum absolute atomic E-state index is 0.125. The van der Waals surface area contributed by atoms with E-state index in [0.29, 0.717) is 29.6 Å². The van der Waals surface area contributed by atoms with Crippen LogP contribution in [0.25, 0.3) is 11.0 Å². The Bertz CT molecular complexity index is 1080. The SMILES string of the molecule is COc1c(C)cnc(Cn2cc(C#CCCCO)c3c(Br)nc(N)nc32)c1C. The summed E-state index contributed by atoms with van der Waals surface area (Å²) < 4.78 is 8.09. The summed E-state index contributed by atoms with van der Waals surface area (Å²) in [5.41, 5.74) is 10.2. The van der Waals surface area contributed by atoms with E-state index in [-0.39, 0.29) is 12.6 Å². The zero-order valence-electron chi connectivity index (χ0n) is 16.1. The van der Waals surface area contributed by atoms with Gasteiger partial charge in [0, 0.05) is 36.5 Å². The van der Waals surface area contributed by atoms with Crippen molar-refractivity contribution in [3.05, 3.63) is 39.4 Å². The molecule has 0 aliphatic heterocycles. The predicted octanol–water partition coefficient (Wildman–Crippen LogP) is 2.97. The lowest BCUT2D eigenvalue weighted by molar-refractivity contribution is 0.290. The average molecular weight is 444 g/mol. The highest BCUT2D eigenvalue weighted by atomic mass is 79.9. The van der Waals surface area contributed by atoms with Crippen LogP contribution in [0.5, 0.6) is 5.75 Å².